The fourth-order valence-corrected chi connectivity index (χ4v) is 4.43. The summed E-state index contributed by atoms with van der Waals surface area (Å²) in [6.45, 7) is 4.52. The first kappa shape index (κ1) is 16.3. The van der Waals surface area contributed by atoms with Crippen LogP contribution in [0.4, 0.5) is 10.2 Å². The van der Waals surface area contributed by atoms with E-state index in [0.29, 0.717) is 11.6 Å². The molecule has 0 bridgehead atoms. The van der Waals surface area contributed by atoms with Gasteiger partial charge in [0.15, 0.2) is 5.82 Å². The molecule has 0 aliphatic carbocycles. The molecule has 0 atom stereocenters. The number of aryl methyl sites for hydroxylation is 3. The summed E-state index contributed by atoms with van der Waals surface area (Å²) in [7, 11) is 1.92. The van der Waals surface area contributed by atoms with Gasteiger partial charge in [-0.1, -0.05) is 23.7 Å². The predicted molar refractivity (Wildman–Crippen MR) is 102 cm³/mol. The molecule has 0 aliphatic rings. The second kappa shape index (κ2) is 5.97. The van der Waals surface area contributed by atoms with Crippen molar-refractivity contribution in [3.8, 4) is 0 Å². The molecule has 4 aromatic rings. The second-order valence-corrected chi connectivity index (χ2v) is 7.43. The molecule has 4 rings (SSSR count). The molecule has 0 amide bonds. The average Bonchev–Trinajstić information content (AvgIpc) is 3.10. The van der Waals surface area contributed by atoms with Gasteiger partial charge in [-0.25, -0.2) is 9.37 Å². The zero-order valence-corrected chi connectivity index (χ0v) is 15.6. The van der Waals surface area contributed by atoms with Crippen LogP contribution >= 0.6 is 22.9 Å². The molecule has 7 heteroatoms. The van der Waals surface area contributed by atoms with Gasteiger partial charge in [0.2, 0.25) is 0 Å². The molecule has 0 aliphatic heterocycles. The number of rotatable bonds is 3. The molecule has 0 spiro atoms. The Balaban J connectivity index is 1.79. The summed E-state index contributed by atoms with van der Waals surface area (Å²) < 4.78 is 15.9. The Kier molecular flexibility index (Phi) is 3.89. The maximum atomic E-state index is 13.0. The summed E-state index contributed by atoms with van der Waals surface area (Å²) in [6, 6.07) is 6.45. The largest absolute Gasteiger partial charge is 0.363 e. The molecular weight excluding hydrogens is 359 g/mol. The van der Waals surface area contributed by atoms with Gasteiger partial charge in [-0.05, 0) is 37.1 Å². The van der Waals surface area contributed by atoms with Crippen molar-refractivity contribution in [2.75, 3.05) is 5.32 Å². The van der Waals surface area contributed by atoms with Crippen LogP contribution in [0.3, 0.4) is 0 Å². The normalized spacial score (nSPS) is 11.6. The van der Waals surface area contributed by atoms with Crippen molar-refractivity contribution in [2.45, 2.75) is 20.4 Å². The minimum atomic E-state index is -0.234. The smallest absolute Gasteiger partial charge is 0.166 e. The summed E-state index contributed by atoms with van der Waals surface area (Å²) in [5.74, 6) is 0.570. The molecule has 0 radical (unpaired) electrons. The Morgan fingerprint density at radius 1 is 1.24 bits per heavy atom. The van der Waals surface area contributed by atoms with E-state index in [1.54, 1.807) is 23.5 Å². The van der Waals surface area contributed by atoms with E-state index < -0.39 is 0 Å². The van der Waals surface area contributed by atoms with Gasteiger partial charge in [0.25, 0.3) is 0 Å². The fraction of sp³-hybridized carbons (Fsp3) is 0.222. The molecule has 0 fully saturated rings. The monoisotopic (exact) mass is 374 g/mol. The zero-order chi connectivity index (χ0) is 17.7. The van der Waals surface area contributed by atoms with Gasteiger partial charge in [-0.15, -0.1) is 11.3 Å². The highest BCUT2D eigenvalue weighted by Gasteiger charge is 2.19. The topological polar surface area (TPSA) is 42.7 Å². The molecule has 1 aromatic carbocycles. The van der Waals surface area contributed by atoms with E-state index in [1.807, 2.05) is 25.6 Å². The number of thiophene rings is 1. The third kappa shape index (κ3) is 2.65. The number of nitrogens with zero attached hydrogens (tertiary/aromatic N) is 3. The van der Waals surface area contributed by atoms with Crippen molar-refractivity contribution in [3.63, 3.8) is 0 Å². The number of aromatic nitrogens is 3. The van der Waals surface area contributed by atoms with Gasteiger partial charge in [-0.3, -0.25) is 4.68 Å². The Labute approximate surface area is 153 Å². The molecule has 128 valence electrons. The van der Waals surface area contributed by atoms with Crippen molar-refractivity contribution in [1.82, 2.24) is 14.8 Å². The van der Waals surface area contributed by atoms with Crippen LogP contribution in [0.15, 0.2) is 24.3 Å². The van der Waals surface area contributed by atoms with Crippen LogP contribution in [-0.4, -0.2) is 14.8 Å². The van der Waals surface area contributed by atoms with Crippen molar-refractivity contribution in [1.29, 1.82) is 0 Å². The maximum absolute atomic E-state index is 13.0. The highest BCUT2D eigenvalue weighted by atomic mass is 35.5. The van der Waals surface area contributed by atoms with Gasteiger partial charge in [0.1, 0.15) is 10.6 Å². The second-order valence-electron chi connectivity index (χ2n) is 6.05. The van der Waals surface area contributed by atoms with Crippen LogP contribution in [0.2, 0.25) is 5.02 Å². The Morgan fingerprint density at radius 2 is 1.96 bits per heavy atom. The van der Waals surface area contributed by atoms with Gasteiger partial charge in [-0.2, -0.15) is 5.10 Å². The number of anilines is 1. The Morgan fingerprint density at radius 3 is 2.68 bits per heavy atom. The zero-order valence-electron chi connectivity index (χ0n) is 14.0. The van der Waals surface area contributed by atoms with Crippen LogP contribution in [0.5, 0.6) is 0 Å². The van der Waals surface area contributed by atoms with Gasteiger partial charge < -0.3 is 5.32 Å². The first-order valence-corrected chi connectivity index (χ1v) is 9.05. The van der Waals surface area contributed by atoms with E-state index in [0.717, 1.165) is 43.1 Å². The molecule has 0 saturated heterocycles. The summed E-state index contributed by atoms with van der Waals surface area (Å²) in [5, 5.41) is 9.70. The molecule has 3 aromatic heterocycles. The van der Waals surface area contributed by atoms with Crippen molar-refractivity contribution < 1.29 is 4.39 Å². The van der Waals surface area contributed by atoms with Gasteiger partial charge in [0, 0.05) is 19.0 Å². The van der Waals surface area contributed by atoms with E-state index >= 15 is 0 Å². The summed E-state index contributed by atoms with van der Waals surface area (Å²) in [5.41, 5.74) is 3.90. The van der Waals surface area contributed by atoms with Crippen LogP contribution < -0.4 is 5.32 Å². The molecule has 3 heterocycles. The number of pyridine rings is 1. The van der Waals surface area contributed by atoms with Crippen LogP contribution in [0.25, 0.3) is 20.4 Å². The molecule has 25 heavy (non-hydrogen) atoms. The fourth-order valence-electron chi connectivity index (χ4n) is 3.03. The lowest BCUT2D eigenvalue weighted by Crippen LogP contribution is -2.01. The maximum Gasteiger partial charge on any atom is 0.166 e. The van der Waals surface area contributed by atoms with Crippen LogP contribution in [0, 0.1) is 19.7 Å². The minimum Gasteiger partial charge on any atom is -0.363 e. The van der Waals surface area contributed by atoms with Crippen molar-refractivity contribution >= 4 is 49.2 Å². The van der Waals surface area contributed by atoms with Crippen LogP contribution in [0.1, 0.15) is 16.8 Å². The summed E-state index contributed by atoms with van der Waals surface area (Å²) >= 11 is 8.00. The lowest BCUT2D eigenvalue weighted by molar-refractivity contribution is 0.627. The van der Waals surface area contributed by atoms with Crippen LogP contribution in [-0.2, 0) is 13.6 Å². The van der Waals surface area contributed by atoms with Gasteiger partial charge in [0.05, 0.1) is 20.9 Å². The minimum absolute atomic E-state index is 0.234. The van der Waals surface area contributed by atoms with Gasteiger partial charge >= 0.3 is 0 Å². The number of halogens is 2. The first-order valence-electron chi connectivity index (χ1n) is 7.86. The number of benzene rings is 1. The Hall–Kier alpha value is -2.18. The third-order valence-electron chi connectivity index (χ3n) is 4.32. The molecule has 0 unspecified atom stereocenters. The Bertz CT molecular complexity index is 1100. The quantitative estimate of drug-likeness (QED) is 0.535. The van der Waals surface area contributed by atoms with E-state index in [2.05, 4.69) is 15.4 Å². The SMILES string of the molecule is Cc1nc2sc3c(NCc4ccc(F)cc4)nn(C)c3c2c(C)c1Cl. The van der Waals surface area contributed by atoms with E-state index in [1.165, 1.54) is 12.1 Å². The lowest BCUT2D eigenvalue weighted by Gasteiger charge is -2.04. The van der Waals surface area contributed by atoms with Crippen molar-refractivity contribution in [3.05, 3.63) is 51.9 Å². The van der Waals surface area contributed by atoms with Crippen molar-refractivity contribution in [2.24, 2.45) is 7.05 Å². The molecular formula is C18H16ClFN4S. The van der Waals surface area contributed by atoms with E-state index in [-0.39, 0.29) is 5.82 Å². The first-order chi connectivity index (χ1) is 12.0. The molecule has 4 nitrogen and oxygen atoms in total. The third-order valence-corrected chi connectivity index (χ3v) is 5.95. The highest BCUT2D eigenvalue weighted by Crippen LogP contribution is 2.40. The average molecular weight is 375 g/mol. The van der Waals surface area contributed by atoms with E-state index in [9.17, 15) is 4.39 Å². The number of nitrogens with one attached hydrogen (secondary N) is 1. The molecule has 1 N–H and O–H groups in total. The highest BCUT2D eigenvalue weighted by molar-refractivity contribution is 7.26. The number of fused-ring (bicyclic) bond motifs is 3. The standard InChI is InChI=1S/C18H16ClFN4S/c1-9-13-15-16(25-18(13)22-10(2)14(9)19)17(23-24(15)3)21-8-11-4-6-12(20)7-5-11/h4-7H,8H2,1-3H3,(H,21,23). The summed E-state index contributed by atoms with van der Waals surface area (Å²) in [6.07, 6.45) is 0. The number of hydrogen-bond acceptors (Lipinski definition) is 4. The molecule has 0 saturated carbocycles. The summed E-state index contributed by atoms with van der Waals surface area (Å²) in [4.78, 5) is 5.60. The lowest BCUT2D eigenvalue weighted by atomic mass is 10.1. The van der Waals surface area contributed by atoms with E-state index in [4.69, 9.17) is 11.6 Å². The number of hydrogen-bond donors (Lipinski definition) is 1. The predicted octanol–water partition coefficient (Wildman–Crippen LogP) is 5.20.